The SMILES string of the molecule is Cc1cc2c(c3c1Cc1ccccc1-3)-c1cc3c(cc1C2)-c1c(cc(C)c2c1Cc1ccccc1-2)C3. The maximum Gasteiger partial charge on any atom is -0.000708 e. The molecular formula is C36H26. The normalized spacial score (nSPS) is 14.5. The number of aryl methyl sites for hydroxylation is 2. The van der Waals surface area contributed by atoms with Crippen molar-refractivity contribution in [2.24, 2.45) is 0 Å². The number of rotatable bonds is 0. The molecule has 0 fully saturated rings. The highest BCUT2D eigenvalue weighted by Gasteiger charge is 2.34. The Balaban J connectivity index is 1.27. The smallest absolute Gasteiger partial charge is 0.000708 e. The second-order valence-corrected chi connectivity index (χ2v) is 11.4. The van der Waals surface area contributed by atoms with Crippen molar-refractivity contribution < 1.29 is 0 Å². The molecule has 5 aromatic carbocycles. The molecule has 5 aromatic rings. The molecule has 0 heterocycles. The van der Waals surface area contributed by atoms with Gasteiger partial charge in [0.2, 0.25) is 0 Å². The quantitative estimate of drug-likeness (QED) is 0.213. The molecule has 0 heteroatoms. The van der Waals surface area contributed by atoms with E-state index in [0.29, 0.717) is 0 Å². The van der Waals surface area contributed by atoms with Crippen molar-refractivity contribution in [2.45, 2.75) is 39.5 Å². The summed E-state index contributed by atoms with van der Waals surface area (Å²) >= 11 is 0. The van der Waals surface area contributed by atoms with Gasteiger partial charge in [-0.05, 0) is 152 Å². The summed E-state index contributed by atoms with van der Waals surface area (Å²) in [6.07, 6.45) is 4.25. The fourth-order valence-electron chi connectivity index (χ4n) is 7.97. The van der Waals surface area contributed by atoms with Crippen molar-refractivity contribution in [3.05, 3.63) is 128 Å². The summed E-state index contributed by atoms with van der Waals surface area (Å²) < 4.78 is 0. The first-order valence-electron chi connectivity index (χ1n) is 13.3. The molecule has 4 aliphatic carbocycles. The topological polar surface area (TPSA) is 0 Å². The third kappa shape index (κ3) is 2.26. The lowest BCUT2D eigenvalue weighted by Crippen LogP contribution is -1.92. The maximum atomic E-state index is 2.57. The largest absolute Gasteiger partial charge is 0.0619 e. The average Bonchev–Trinajstić information content (AvgIpc) is 3.61. The highest BCUT2D eigenvalue weighted by atomic mass is 14.4. The van der Waals surface area contributed by atoms with E-state index >= 15 is 0 Å². The van der Waals surface area contributed by atoms with Crippen LogP contribution in [0.3, 0.4) is 0 Å². The number of fused-ring (bicyclic) bond motifs is 14. The summed E-state index contributed by atoms with van der Waals surface area (Å²) in [5.41, 5.74) is 27.0. The van der Waals surface area contributed by atoms with Gasteiger partial charge in [-0.25, -0.2) is 0 Å². The Hall–Kier alpha value is -3.90. The fourth-order valence-corrected chi connectivity index (χ4v) is 7.97. The summed E-state index contributed by atoms with van der Waals surface area (Å²) in [7, 11) is 0. The van der Waals surface area contributed by atoms with Crippen molar-refractivity contribution in [3.63, 3.8) is 0 Å². The number of hydrogen-bond acceptors (Lipinski definition) is 0. The summed E-state index contributed by atoms with van der Waals surface area (Å²) in [5.74, 6) is 0. The molecule has 0 aliphatic heterocycles. The molecule has 0 amide bonds. The van der Waals surface area contributed by atoms with E-state index in [9.17, 15) is 0 Å². The zero-order chi connectivity index (χ0) is 23.7. The molecule has 0 bridgehead atoms. The molecule has 0 nitrogen and oxygen atoms in total. The van der Waals surface area contributed by atoms with Gasteiger partial charge in [0.05, 0.1) is 0 Å². The maximum absolute atomic E-state index is 2.57. The predicted molar refractivity (Wildman–Crippen MR) is 149 cm³/mol. The Labute approximate surface area is 212 Å². The minimum Gasteiger partial charge on any atom is -0.0619 e. The monoisotopic (exact) mass is 458 g/mol. The molecule has 0 atom stereocenters. The van der Waals surface area contributed by atoms with Crippen LogP contribution in [0.1, 0.15) is 55.6 Å². The molecule has 0 spiro atoms. The van der Waals surface area contributed by atoms with E-state index < -0.39 is 0 Å². The fraction of sp³-hybridized carbons (Fsp3) is 0.167. The van der Waals surface area contributed by atoms with Crippen molar-refractivity contribution >= 4 is 0 Å². The number of hydrogen-bond donors (Lipinski definition) is 0. The van der Waals surface area contributed by atoms with Crippen LogP contribution in [0.2, 0.25) is 0 Å². The van der Waals surface area contributed by atoms with Gasteiger partial charge in [0.15, 0.2) is 0 Å². The Kier molecular flexibility index (Phi) is 3.46. The third-order valence-corrected chi connectivity index (χ3v) is 9.39. The standard InChI is InChI=1S/C36H26/c1-19-11-26-14-24-17-30-23(18-31(24)35(26)36-28-10-6-4-7-21(28)15-29(19)36)13-25-12-20(2)33-27-9-5-3-8-22(27)16-32(33)34(25)30/h3-12,17-18H,13-16H2,1-2H3. The van der Waals surface area contributed by atoms with Crippen LogP contribution in [-0.2, 0) is 25.7 Å². The second-order valence-electron chi connectivity index (χ2n) is 11.4. The zero-order valence-electron chi connectivity index (χ0n) is 20.8. The van der Waals surface area contributed by atoms with Crippen molar-refractivity contribution in [1.29, 1.82) is 0 Å². The Morgan fingerprint density at radius 3 is 1.67 bits per heavy atom. The van der Waals surface area contributed by atoms with E-state index in [1.807, 2.05) is 0 Å². The van der Waals surface area contributed by atoms with Gasteiger partial charge in [-0.15, -0.1) is 0 Å². The van der Waals surface area contributed by atoms with Crippen LogP contribution in [0.15, 0.2) is 72.8 Å². The number of benzene rings is 5. The minimum absolute atomic E-state index is 1.05. The molecule has 0 unspecified atom stereocenters. The van der Waals surface area contributed by atoms with Crippen LogP contribution < -0.4 is 0 Å². The highest BCUT2D eigenvalue weighted by Crippen LogP contribution is 2.54. The summed E-state index contributed by atoms with van der Waals surface area (Å²) in [6, 6.07) is 28.2. The van der Waals surface area contributed by atoms with E-state index in [0.717, 1.165) is 25.7 Å². The highest BCUT2D eigenvalue weighted by molar-refractivity contribution is 5.99. The Bertz CT molecular complexity index is 1850. The minimum atomic E-state index is 1.05. The lowest BCUT2D eigenvalue weighted by Gasteiger charge is -2.14. The molecular weight excluding hydrogens is 432 g/mol. The van der Waals surface area contributed by atoms with Gasteiger partial charge in [0, 0.05) is 0 Å². The van der Waals surface area contributed by atoms with Crippen molar-refractivity contribution in [3.8, 4) is 44.5 Å². The molecule has 0 N–H and O–H groups in total. The predicted octanol–water partition coefficient (Wildman–Crippen LogP) is 8.59. The van der Waals surface area contributed by atoms with Crippen molar-refractivity contribution in [2.75, 3.05) is 0 Å². The van der Waals surface area contributed by atoms with Crippen LogP contribution in [0, 0.1) is 13.8 Å². The third-order valence-electron chi connectivity index (χ3n) is 9.39. The molecule has 4 aliphatic rings. The summed E-state index contributed by atoms with van der Waals surface area (Å²) in [4.78, 5) is 0. The molecule has 0 saturated carbocycles. The lowest BCUT2D eigenvalue weighted by atomic mass is 9.89. The van der Waals surface area contributed by atoms with Gasteiger partial charge < -0.3 is 0 Å². The Morgan fingerprint density at radius 1 is 0.389 bits per heavy atom. The summed E-state index contributed by atoms with van der Waals surface area (Å²) in [5, 5.41) is 0. The van der Waals surface area contributed by atoms with Crippen LogP contribution >= 0.6 is 0 Å². The van der Waals surface area contributed by atoms with E-state index in [2.05, 4.69) is 86.6 Å². The van der Waals surface area contributed by atoms with Gasteiger partial charge in [-0.1, -0.05) is 60.7 Å². The van der Waals surface area contributed by atoms with Gasteiger partial charge in [0.25, 0.3) is 0 Å². The molecule has 9 rings (SSSR count). The van der Waals surface area contributed by atoms with Crippen LogP contribution in [0.5, 0.6) is 0 Å². The van der Waals surface area contributed by atoms with Gasteiger partial charge in [0.1, 0.15) is 0 Å². The van der Waals surface area contributed by atoms with Gasteiger partial charge >= 0.3 is 0 Å². The second kappa shape index (κ2) is 6.45. The lowest BCUT2D eigenvalue weighted by molar-refractivity contribution is 1.19. The van der Waals surface area contributed by atoms with E-state index in [1.54, 1.807) is 5.56 Å². The van der Waals surface area contributed by atoms with Crippen LogP contribution in [-0.4, -0.2) is 0 Å². The molecule has 36 heavy (non-hydrogen) atoms. The molecule has 0 aromatic heterocycles. The molecule has 0 radical (unpaired) electrons. The van der Waals surface area contributed by atoms with Gasteiger partial charge in [-0.3, -0.25) is 0 Å². The summed E-state index contributed by atoms with van der Waals surface area (Å²) in [6.45, 7) is 4.62. The van der Waals surface area contributed by atoms with E-state index in [-0.39, 0.29) is 0 Å². The Morgan fingerprint density at radius 2 is 0.944 bits per heavy atom. The van der Waals surface area contributed by atoms with Crippen LogP contribution in [0.25, 0.3) is 44.5 Å². The van der Waals surface area contributed by atoms with E-state index in [4.69, 9.17) is 0 Å². The first-order chi connectivity index (χ1) is 17.7. The molecule has 0 saturated heterocycles. The van der Waals surface area contributed by atoms with E-state index in [1.165, 1.54) is 94.6 Å². The zero-order valence-corrected chi connectivity index (χ0v) is 20.8. The van der Waals surface area contributed by atoms with Crippen molar-refractivity contribution in [1.82, 2.24) is 0 Å². The van der Waals surface area contributed by atoms with Crippen LogP contribution in [0.4, 0.5) is 0 Å². The van der Waals surface area contributed by atoms with Gasteiger partial charge in [-0.2, -0.15) is 0 Å². The first kappa shape index (κ1) is 19.3. The first-order valence-corrected chi connectivity index (χ1v) is 13.3. The molecule has 170 valence electrons. The average molecular weight is 459 g/mol.